The first-order chi connectivity index (χ1) is 9.47. The van der Waals surface area contributed by atoms with Crippen LogP contribution in [0.15, 0.2) is 0 Å². The third-order valence-corrected chi connectivity index (χ3v) is 3.03. The lowest BCUT2D eigenvalue weighted by Crippen LogP contribution is -2.39. The summed E-state index contributed by atoms with van der Waals surface area (Å²) >= 11 is 0. The summed E-state index contributed by atoms with van der Waals surface area (Å²) in [6.07, 6.45) is -0.195. The van der Waals surface area contributed by atoms with Crippen LogP contribution in [0.1, 0.15) is 47.0 Å². The topological polar surface area (TPSA) is 71.1 Å². The fourth-order valence-electron chi connectivity index (χ4n) is 1.77. The Balaban J connectivity index is 2.76. The molecule has 1 rings (SSSR count). The Kier molecular flexibility index (Phi) is 6.42. The lowest BCUT2D eigenvalue weighted by atomic mass is 10.2. The fourth-order valence-corrected chi connectivity index (χ4v) is 1.77. The quantitative estimate of drug-likeness (QED) is 0.665. The molecule has 0 radical (unpaired) electrons. The van der Waals surface area contributed by atoms with Gasteiger partial charge in [-0.15, -0.1) is 0 Å². The summed E-state index contributed by atoms with van der Waals surface area (Å²) in [6.45, 7) is 7.91. The summed E-state index contributed by atoms with van der Waals surface area (Å²) in [5.41, 5.74) is 0. The molecule has 1 fully saturated rings. The molecule has 1 heterocycles. The Morgan fingerprint density at radius 2 is 1.35 bits per heavy atom. The van der Waals surface area contributed by atoms with E-state index in [4.69, 9.17) is 18.9 Å². The summed E-state index contributed by atoms with van der Waals surface area (Å²) in [5, 5.41) is 0. The van der Waals surface area contributed by atoms with E-state index in [-0.39, 0.29) is 13.2 Å². The van der Waals surface area contributed by atoms with Gasteiger partial charge in [-0.05, 0) is 26.2 Å². The molecule has 1 aliphatic rings. The van der Waals surface area contributed by atoms with Gasteiger partial charge in [0.1, 0.15) is 0 Å². The predicted octanol–water partition coefficient (Wildman–Crippen LogP) is 1.80. The van der Waals surface area contributed by atoms with Crippen molar-refractivity contribution in [2.75, 3.05) is 13.2 Å². The molecule has 0 spiro atoms. The van der Waals surface area contributed by atoms with Crippen LogP contribution >= 0.6 is 0 Å². The summed E-state index contributed by atoms with van der Waals surface area (Å²) in [7, 11) is 0. The highest BCUT2D eigenvalue weighted by molar-refractivity contribution is 5.86. The van der Waals surface area contributed by atoms with Crippen molar-refractivity contribution < 1.29 is 28.5 Å². The van der Waals surface area contributed by atoms with Crippen LogP contribution in [-0.4, -0.2) is 43.1 Å². The van der Waals surface area contributed by atoms with Gasteiger partial charge in [-0.1, -0.05) is 20.8 Å². The molecule has 0 bridgehead atoms. The summed E-state index contributed by atoms with van der Waals surface area (Å²) < 4.78 is 21.2. The number of hydrogen-bond donors (Lipinski definition) is 0. The first kappa shape index (κ1) is 16.9. The Morgan fingerprint density at radius 3 is 1.65 bits per heavy atom. The van der Waals surface area contributed by atoms with E-state index in [0.717, 1.165) is 0 Å². The smallest absolute Gasteiger partial charge is 0.338 e. The van der Waals surface area contributed by atoms with Crippen molar-refractivity contribution in [1.82, 2.24) is 0 Å². The van der Waals surface area contributed by atoms with Gasteiger partial charge < -0.3 is 18.9 Å². The number of rotatable bonds is 7. The second-order valence-electron chi connectivity index (χ2n) is 4.90. The minimum absolute atomic E-state index is 0.290. The van der Waals surface area contributed by atoms with Crippen LogP contribution in [0.25, 0.3) is 0 Å². The molecule has 116 valence electrons. The van der Waals surface area contributed by atoms with Gasteiger partial charge in [-0.2, -0.15) is 0 Å². The Bertz CT molecular complexity index is 313. The van der Waals surface area contributed by atoms with Crippen LogP contribution in [0, 0.1) is 0 Å². The number of carbonyl (C=O) groups excluding carboxylic acids is 2. The van der Waals surface area contributed by atoms with Crippen LogP contribution in [0.3, 0.4) is 0 Å². The highest BCUT2D eigenvalue weighted by Gasteiger charge is 2.51. The van der Waals surface area contributed by atoms with E-state index in [1.165, 1.54) is 0 Å². The zero-order chi connectivity index (χ0) is 15.2. The van der Waals surface area contributed by atoms with Gasteiger partial charge in [0.15, 0.2) is 18.0 Å². The van der Waals surface area contributed by atoms with Gasteiger partial charge in [-0.3, -0.25) is 0 Å². The second kappa shape index (κ2) is 7.59. The molecule has 6 nitrogen and oxygen atoms in total. The monoisotopic (exact) mass is 288 g/mol. The van der Waals surface area contributed by atoms with Crippen molar-refractivity contribution in [2.24, 2.45) is 0 Å². The summed E-state index contributed by atoms with van der Waals surface area (Å²) in [5.74, 6) is -2.13. The minimum atomic E-state index is -1.06. The lowest BCUT2D eigenvalue weighted by molar-refractivity contribution is -0.182. The van der Waals surface area contributed by atoms with E-state index in [9.17, 15) is 9.59 Å². The van der Waals surface area contributed by atoms with Crippen LogP contribution in [0.2, 0.25) is 0 Å². The summed E-state index contributed by atoms with van der Waals surface area (Å²) in [4.78, 5) is 23.9. The molecule has 1 unspecified atom stereocenters. The number of esters is 2. The van der Waals surface area contributed by atoms with E-state index in [1.54, 1.807) is 6.92 Å². The number of hydrogen-bond acceptors (Lipinski definition) is 6. The van der Waals surface area contributed by atoms with Crippen molar-refractivity contribution >= 4 is 11.9 Å². The molecule has 3 atom stereocenters. The number of carbonyl (C=O) groups is 2. The maximum absolute atomic E-state index is 12.0. The fraction of sp³-hybridized carbons (Fsp3) is 0.857. The predicted molar refractivity (Wildman–Crippen MR) is 70.9 cm³/mol. The molecule has 0 aromatic rings. The first-order valence-electron chi connectivity index (χ1n) is 7.16. The molecule has 0 aliphatic carbocycles. The van der Waals surface area contributed by atoms with Crippen molar-refractivity contribution in [3.8, 4) is 0 Å². The van der Waals surface area contributed by atoms with Crippen molar-refractivity contribution in [3.05, 3.63) is 0 Å². The minimum Gasteiger partial charge on any atom is -0.464 e. The van der Waals surface area contributed by atoms with Crippen LogP contribution < -0.4 is 0 Å². The molecule has 0 aromatic carbocycles. The molecule has 20 heavy (non-hydrogen) atoms. The average Bonchev–Trinajstić information content (AvgIpc) is 2.81. The van der Waals surface area contributed by atoms with Gasteiger partial charge in [0.05, 0.1) is 13.2 Å². The molecule has 6 heteroatoms. The molecule has 0 aromatic heterocycles. The Hall–Kier alpha value is -1.14. The van der Waals surface area contributed by atoms with Gasteiger partial charge in [-0.25, -0.2) is 9.59 Å². The van der Waals surface area contributed by atoms with Crippen LogP contribution in [-0.2, 0) is 28.5 Å². The zero-order valence-corrected chi connectivity index (χ0v) is 12.6. The summed E-state index contributed by atoms with van der Waals surface area (Å²) in [6, 6.07) is 0. The van der Waals surface area contributed by atoms with Crippen LogP contribution in [0.5, 0.6) is 0 Å². The van der Waals surface area contributed by atoms with E-state index < -0.39 is 29.9 Å². The lowest BCUT2D eigenvalue weighted by Gasteiger charge is -2.20. The molecule has 0 amide bonds. The van der Waals surface area contributed by atoms with Gasteiger partial charge in [0.2, 0.25) is 0 Å². The Labute approximate surface area is 119 Å². The van der Waals surface area contributed by atoms with Crippen molar-refractivity contribution in [3.63, 3.8) is 0 Å². The highest BCUT2D eigenvalue weighted by Crippen LogP contribution is 2.32. The molecule has 1 aliphatic heterocycles. The molecular weight excluding hydrogens is 264 g/mol. The SMILES string of the molecule is CCCOC(=O)[C@H]1OC(C)(CC)O[C@H]1C(=O)OCCC. The van der Waals surface area contributed by atoms with Crippen molar-refractivity contribution in [2.45, 2.75) is 65.0 Å². The third-order valence-electron chi connectivity index (χ3n) is 3.03. The van der Waals surface area contributed by atoms with Crippen LogP contribution in [0.4, 0.5) is 0 Å². The highest BCUT2D eigenvalue weighted by atomic mass is 16.8. The maximum Gasteiger partial charge on any atom is 0.338 e. The van der Waals surface area contributed by atoms with E-state index in [1.807, 2.05) is 20.8 Å². The van der Waals surface area contributed by atoms with Gasteiger partial charge in [0, 0.05) is 0 Å². The second-order valence-corrected chi connectivity index (χ2v) is 4.90. The zero-order valence-electron chi connectivity index (χ0n) is 12.6. The third kappa shape index (κ3) is 4.18. The standard InChI is InChI=1S/C14H24O6/c1-5-8-17-12(15)10-11(13(16)18-9-6-2)20-14(4,7-3)19-10/h10-11H,5-9H2,1-4H3/t10-,11+,14?. The average molecular weight is 288 g/mol. The molecular formula is C14H24O6. The van der Waals surface area contributed by atoms with Crippen molar-refractivity contribution in [1.29, 1.82) is 0 Å². The van der Waals surface area contributed by atoms with E-state index >= 15 is 0 Å². The van der Waals surface area contributed by atoms with E-state index in [0.29, 0.717) is 19.3 Å². The normalized spacial score (nSPS) is 29.2. The number of ether oxygens (including phenoxy) is 4. The van der Waals surface area contributed by atoms with Gasteiger partial charge in [0.25, 0.3) is 0 Å². The maximum atomic E-state index is 12.0. The Morgan fingerprint density at radius 1 is 0.950 bits per heavy atom. The first-order valence-corrected chi connectivity index (χ1v) is 7.16. The molecule has 0 saturated carbocycles. The molecule has 1 saturated heterocycles. The van der Waals surface area contributed by atoms with Gasteiger partial charge >= 0.3 is 11.9 Å². The largest absolute Gasteiger partial charge is 0.464 e. The molecule has 0 N–H and O–H groups in total. The van der Waals surface area contributed by atoms with E-state index in [2.05, 4.69) is 0 Å².